The molecular formula is C11H7ClN4O. The second-order valence-corrected chi connectivity index (χ2v) is 3.86. The van der Waals surface area contributed by atoms with Gasteiger partial charge in [0.25, 0.3) is 0 Å². The fourth-order valence-corrected chi connectivity index (χ4v) is 1.62. The van der Waals surface area contributed by atoms with Gasteiger partial charge >= 0.3 is 0 Å². The number of fused-ring (bicyclic) bond motifs is 1. The van der Waals surface area contributed by atoms with E-state index in [0.29, 0.717) is 22.5 Å². The Bertz CT molecular complexity index is 559. The molecule has 0 saturated heterocycles. The molecule has 0 radical (unpaired) electrons. The van der Waals surface area contributed by atoms with Crippen LogP contribution in [-0.4, -0.2) is 30.5 Å². The summed E-state index contributed by atoms with van der Waals surface area (Å²) in [5.74, 6) is 1.73. The summed E-state index contributed by atoms with van der Waals surface area (Å²) in [6.07, 6.45) is 2.87. The first kappa shape index (κ1) is 10.2. The molecule has 0 spiro atoms. The normalized spacial score (nSPS) is 20.9. The molecule has 6 heteroatoms. The smallest absolute Gasteiger partial charge is 0.228 e. The van der Waals surface area contributed by atoms with Gasteiger partial charge < -0.3 is 4.74 Å². The van der Waals surface area contributed by atoms with Crippen molar-refractivity contribution in [3.05, 3.63) is 29.3 Å². The van der Waals surface area contributed by atoms with Gasteiger partial charge in [-0.25, -0.2) is 15.0 Å². The highest BCUT2D eigenvalue weighted by Gasteiger charge is 2.28. The molecule has 1 aromatic carbocycles. The number of halogens is 1. The third-order valence-corrected chi connectivity index (χ3v) is 2.55. The summed E-state index contributed by atoms with van der Waals surface area (Å²) < 4.78 is 5.63. The largest absolute Gasteiger partial charge is 0.440 e. The van der Waals surface area contributed by atoms with E-state index in [4.69, 9.17) is 16.3 Å². The minimum atomic E-state index is -0.323. The molecule has 2 heterocycles. The Balaban J connectivity index is 1.84. The van der Waals surface area contributed by atoms with Crippen LogP contribution in [0.2, 0.25) is 5.02 Å². The molecule has 5 nitrogen and oxygen atoms in total. The first-order valence-electron chi connectivity index (χ1n) is 4.96. The topological polar surface area (TPSA) is 58.7 Å². The van der Waals surface area contributed by atoms with Crippen LogP contribution in [0.4, 0.5) is 0 Å². The molecule has 17 heavy (non-hydrogen) atoms. The van der Waals surface area contributed by atoms with Crippen molar-refractivity contribution in [1.82, 2.24) is 0 Å². The summed E-state index contributed by atoms with van der Waals surface area (Å²) in [6.45, 7) is 0. The van der Waals surface area contributed by atoms with Gasteiger partial charge in [-0.3, -0.25) is 4.99 Å². The maximum atomic E-state index is 5.79. The van der Waals surface area contributed by atoms with Crippen molar-refractivity contribution in [1.29, 1.82) is 0 Å². The number of aliphatic imine (C=N–C) groups is 4. The van der Waals surface area contributed by atoms with Crippen LogP contribution in [0.25, 0.3) is 0 Å². The van der Waals surface area contributed by atoms with Gasteiger partial charge in [-0.05, 0) is 24.3 Å². The van der Waals surface area contributed by atoms with Gasteiger partial charge in [0.05, 0.1) is 0 Å². The van der Waals surface area contributed by atoms with E-state index in [-0.39, 0.29) is 6.04 Å². The molecule has 0 saturated carbocycles. The molecule has 0 bridgehead atoms. The molecule has 1 atom stereocenters. The fourth-order valence-electron chi connectivity index (χ4n) is 1.50. The maximum Gasteiger partial charge on any atom is 0.228 e. The van der Waals surface area contributed by atoms with Crippen LogP contribution < -0.4 is 4.74 Å². The molecule has 0 fully saturated rings. The van der Waals surface area contributed by atoms with Crippen molar-refractivity contribution in [3.63, 3.8) is 0 Å². The van der Waals surface area contributed by atoms with Gasteiger partial charge in [0, 0.05) is 5.02 Å². The Hall–Kier alpha value is -2.01. The molecule has 1 unspecified atom stereocenters. The number of rotatable bonds is 1. The van der Waals surface area contributed by atoms with E-state index in [0.717, 1.165) is 0 Å². The van der Waals surface area contributed by atoms with E-state index in [1.54, 1.807) is 24.3 Å². The Morgan fingerprint density at radius 1 is 1.06 bits per heavy atom. The average Bonchev–Trinajstić information content (AvgIpc) is 2.81. The van der Waals surface area contributed by atoms with Crippen LogP contribution >= 0.6 is 11.6 Å². The molecule has 0 aromatic heterocycles. The predicted octanol–water partition coefficient (Wildman–Crippen LogP) is 1.97. The van der Waals surface area contributed by atoms with Gasteiger partial charge in [-0.1, -0.05) is 11.6 Å². The standard InChI is InChI=1S/C11H7ClN4O/c12-7-1-3-8(4-2-7)17-11-9-10(14-5-13-9)15-6-16-11/h1-6,9H. The molecule has 3 rings (SSSR count). The monoisotopic (exact) mass is 246 g/mol. The Kier molecular flexibility index (Phi) is 2.45. The summed E-state index contributed by atoms with van der Waals surface area (Å²) in [5.41, 5.74) is 0. The van der Waals surface area contributed by atoms with E-state index in [1.165, 1.54) is 12.7 Å². The highest BCUT2D eigenvalue weighted by Crippen LogP contribution is 2.18. The van der Waals surface area contributed by atoms with Crippen LogP contribution in [0, 0.1) is 0 Å². The third-order valence-electron chi connectivity index (χ3n) is 2.30. The number of hydrogen-bond donors (Lipinski definition) is 0. The van der Waals surface area contributed by atoms with Crippen LogP contribution in [0.5, 0.6) is 5.75 Å². The van der Waals surface area contributed by atoms with Gasteiger partial charge in [0.15, 0.2) is 11.9 Å². The summed E-state index contributed by atoms with van der Waals surface area (Å²) in [5, 5.41) is 0.658. The summed E-state index contributed by atoms with van der Waals surface area (Å²) in [6, 6.07) is 6.72. The van der Waals surface area contributed by atoms with Crippen LogP contribution in [-0.2, 0) is 0 Å². The Labute approximate surface area is 102 Å². The van der Waals surface area contributed by atoms with Gasteiger partial charge in [0.2, 0.25) is 5.90 Å². The summed E-state index contributed by atoms with van der Waals surface area (Å²) >= 11 is 5.79. The molecule has 1 aromatic rings. The average molecular weight is 247 g/mol. The summed E-state index contributed by atoms with van der Waals surface area (Å²) in [4.78, 5) is 16.2. The van der Waals surface area contributed by atoms with E-state index in [2.05, 4.69) is 20.0 Å². The van der Waals surface area contributed by atoms with Gasteiger partial charge in [0.1, 0.15) is 18.4 Å². The minimum Gasteiger partial charge on any atom is -0.440 e. The summed E-state index contributed by atoms with van der Waals surface area (Å²) in [7, 11) is 0. The molecule has 84 valence electrons. The first-order valence-corrected chi connectivity index (χ1v) is 5.34. The van der Waals surface area contributed by atoms with E-state index >= 15 is 0 Å². The number of benzene rings is 1. The van der Waals surface area contributed by atoms with Gasteiger partial charge in [-0.2, -0.15) is 0 Å². The van der Waals surface area contributed by atoms with Gasteiger partial charge in [-0.15, -0.1) is 0 Å². The first-order chi connectivity index (χ1) is 8.33. The van der Waals surface area contributed by atoms with Crippen LogP contribution in [0.15, 0.2) is 44.2 Å². The lowest BCUT2D eigenvalue weighted by molar-refractivity contribution is 0.533. The van der Waals surface area contributed by atoms with Crippen molar-refractivity contribution in [2.24, 2.45) is 20.0 Å². The zero-order chi connectivity index (χ0) is 11.7. The second-order valence-electron chi connectivity index (χ2n) is 3.42. The lowest BCUT2D eigenvalue weighted by Gasteiger charge is -2.14. The highest BCUT2D eigenvalue weighted by atomic mass is 35.5. The number of ether oxygens (including phenoxy) is 1. The lowest BCUT2D eigenvalue weighted by Crippen LogP contribution is -2.32. The Morgan fingerprint density at radius 3 is 2.71 bits per heavy atom. The van der Waals surface area contributed by atoms with Crippen molar-refractivity contribution < 1.29 is 4.74 Å². The number of nitrogens with zero attached hydrogens (tertiary/aromatic N) is 4. The molecule has 2 aliphatic rings. The quantitative estimate of drug-likeness (QED) is 0.747. The third kappa shape index (κ3) is 1.97. The van der Waals surface area contributed by atoms with Crippen molar-refractivity contribution in [3.8, 4) is 5.75 Å². The second kappa shape index (κ2) is 4.10. The molecule has 0 amide bonds. The van der Waals surface area contributed by atoms with Crippen molar-refractivity contribution >= 4 is 36.0 Å². The van der Waals surface area contributed by atoms with Crippen LogP contribution in [0.1, 0.15) is 0 Å². The molecule has 2 aliphatic heterocycles. The van der Waals surface area contributed by atoms with E-state index < -0.39 is 0 Å². The van der Waals surface area contributed by atoms with Crippen molar-refractivity contribution in [2.45, 2.75) is 6.04 Å². The number of hydrogen-bond acceptors (Lipinski definition) is 5. The number of amidine groups is 1. The maximum absolute atomic E-state index is 5.79. The van der Waals surface area contributed by atoms with E-state index in [1.807, 2.05) is 0 Å². The SMILES string of the molecule is Clc1ccc(OC2=NC=NC3=NC=NC32)cc1. The molecular weight excluding hydrogens is 240 g/mol. The minimum absolute atomic E-state index is 0.323. The zero-order valence-corrected chi connectivity index (χ0v) is 9.37. The zero-order valence-electron chi connectivity index (χ0n) is 8.62. The molecule has 0 N–H and O–H groups in total. The van der Waals surface area contributed by atoms with E-state index in [9.17, 15) is 0 Å². The predicted molar refractivity (Wildman–Crippen MR) is 67.7 cm³/mol. The fraction of sp³-hybridized carbons (Fsp3) is 0.0909. The van der Waals surface area contributed by atoms with Crippen LogP contribution in [0.3, 0.4) is 0 Å². The Morgan fingerprint density at radius 2 is 1.88 bits per heavy atom. The molecule has 0 aliphatic carbocycles. The van der Waals surface area contributed by atoms with Crippen molar-refractivity contribution in [2.75, 3.05) is 0 Å². The lowest BCUT2D eigenvalue weighted by atomic mass is 10.2. The highest BCUT2D eigenvalue weighted by molar-refractivity contribution is 6.30.